The Hall–Kier alpha value is -0.320. The molecule has 0 radical (unpaired) electrons. The molecule has 1 rings (SSSR count). The standard InChI is InChI=1S/C9H10FIO/c1-5(2)8-7(12)4-3-6(11)9(8)10/h3-5,12H,1-2H3. The van der Waals surface area contributed by atoms with E-state index in [4.69, 9.17) is 0 Å². The van der Waals surface area contributed by atoms with Crippen LogP contribution in [0.3, 0.4) is 0 Å². The summed E-state index contributed by atoms with van der Waals surface area (Å²) >= 11 is 1.91. The van der Waals surface area contributed by atoms with Crippen molar-refractivity contribution in [3.8, 4) is 5.75 Å². The van der Waals surface area contributed by atoms with E-state index in [1.165, 1.54) is 6.07 Å². The van der Waals surface area contributed by atoms with Crippen molar-refractivity contribution in [2.24, 2.45) is 0 Å². The van der Waals surface area contributed by atoms with Gasteiger partial charge in [-0.15, -0.1) is 0 Å². The molecule has 0 aliphatic heterocycles. The summed E-state index contributed by atoms with van der Waals surface area (Å²) in [5.41, 5.74) is 0.405. The highest BCUT2D eigenvalue weighted by molar-refractivity contribution is 14.1. The lowest BCUT2D eigenvalue weighted by Crippen LogP contribution is -1.95. The van der Waals surface area contributed by atoms with E-state index in [-0.39, 0.29) is 17.5 Å². The van der Waals surface area contributed by atoms with Crippen molar-refractivity contribution >= 4 is 22.6 Å². The molecule has 0 aliphatic rings. The molecule has 0 aliphatic carbocycles. The summed E-state index contributed by atoms with van der Waals surface area (Å²) in [5.74, 6) is -0.242. The molecule has 0 atom stereocenters. The molecule has 0 unspecified atom stereocenters. The molecule has 0 saturated carbocycles. The summed E-state index contributed by atoms with van der Waals surface area (Å²) in [7, 11) is 0. The van der Waals surface area contributed by atoms with Gasteiger partial charge in [0.15, 0.2) is 0 Å². The first-order valence-corrected chi connectivity index (χ1v) is 4.78. The SMILES string of the molecule is CC(C)c1c(O)ccc(I)c1F. The van der Waals surface area contributed by atoms with E-state index in [1.807, 2.05) is 36.4 Å². The van der Waals surface area contributed by atoms with Crippen LogP contribution in [0.1, 0.15) is 25.3 Å². The number of halogens is 2. The summed E-state index contributed by atoms with van der Waals surface area (Å²) < 4.78 is 13.9. The third-order valence-electron chi connectivity index (χ3n) is 1.69. The van der Waals surface area contributed by atoms with Crippen molar-refractivity contribution in [3.63, 3.8) is 0 Å². The van der Waals surface area contributed by atoms with Gasteiger partial charge in [0, 0.05) is 9.13 Å². The second kappa shape index (κ2) is 3.60. The van der Waals surface area contributed by atoms with Gasteiger partial charge >= 0.3 is 0 Å². The molecule has 12 heavy (non-hydrogen) atoms. The summed E-state index contributed by atoms with van der Waals surface area (Å²) in [4.78, 5) is 0. The first-order valence-electron chi connectivity index (χ1n) is 3.71. The highest BCUT2D eigenvalue weighted by Crippen LogP contribution is 2.30. The largest absolute Gasteiger partial charge is 0.508 e. The zero-order valence-corrected chi connectivity index (χ0v) is 9.09. The Kier molecular flexibility index (Phi) is 2.93. The fourth-order valence-corrected chi connectivity index (χ4v) is 1.58. The molecule has 66 valence electrons. The van der Waals surface area contributed by atoms with Gasteiger partial charge in [0.05, 0.1) is 0 Å². The Bertz CT molecular complexity index is 297. The Morgan fingerprint density at radius 3 is 2.42 bits per heavy atom. The Balaban J connectivity index is 3.33. The lowest BCUT2D eigenvalue weighted by Gasteiger charge is -2.10. The van der Waals surface area contributed by atoms with Crippen LogP contribution in [0.5, 0.6) is 5.75 Å². The van der Waals surface area contributed by atoms with E-state index in [0.29, 0.717) is 9.13 Å². The van der Waals surface area contributed by atoms with Gasteiger partial charge in [0.1, 0.15) is 11.6 Å². The molecule has 1 nitrogen and oxygen atoms in total. The average Bonchev–Trinajstić information content (AvgIpc) is 1.97. The van der Waals surface area contributed by atoms with Crippen molar-refractivity contribution in [1.29, 1.82) is 0 Å². The maximum absolute atomic E-state index is 13.3. The molecular formula is C9H10FIO. The highest BCUT2D eigenvalue weighted by atomic mass is 127. The zero-order chi connectivity index (χ0) is 9.30. The molecule has 0 aromatic heterocycles. The van der Waals surface area contributed by atoms with E-state index in [0.717, 1.165) is 0 Å². The molecule has 1 aromatic carbocycles. The maximum Gasteiger partial charge on any atom is 0.143 e. The van der Waals surface area contributed by atoms with Crippen LogP contribution in [-0.4, -0.2) is 5.11 Å². The molecular weight excluding hydrogens is 270 g/mol. The van der Waals surface area contributed by atoms with Gasteiger partial charge in [-0.25, -0.2) is 4.39 Å². The summed E-state index contributed by atoms with van der Waals surface area (Å²) in [6, 6.07) is 3.09. The lowest BCUT2D eigenvalue weighted by molar-refractivity contribution is 0.453. The number of rotatable bonds is 1. The van der Waals surface area contributed by atoms with Crippen LogP contribution in [0.15, 0.2) is 12.1 Å². The second-order valence-corrected chi connectivity index (χ2v) is 4.11. The summed E-state index contributed by atoms with van der Waals surface area (Å²) in [6.07, 6.45) is 0. The van der Waals surface area contributed by atoms with Gasteiger partial charge in [0.2, 0.25) is 0 Å². The van der Waals surface area contributed by atoms with Gasteiger partial charge in [-0.3, -0.25) is 0 Å². The van der Waals surface area contributed by atoms with Crippen LogP contribution < -0.4 is 0 Å². The minimum absolute atomic E-state index is 0.0136. The summed E-state index contributed by atoms with van der Waals surface area (Å²) in [5, 5.41) is 9.34. The van der Waals surface area contributed by atoms with E-state index in [1.54, 1.807) is 6.07 Å². The quantitative estimate of drug-likeness (QED) is 0.783. The van der Waals surface area contributed by atoms with E-state index in [2.05, 4.69) is 0 Å². The number of benzene rings is 1. The van der Waals surface area contributed by atoms with Crippen LogP contribution in [0.4, 0.5) is 4.39 Å². The molecule has 0 amide bonds. The molecule has 1 N–H and O–H groups in total. The third-order valence-corrected chi connectivity index (χ3v) is 2.52. The molecule has 0 saturated heterocycles. The van der Waals surface area contributed by atoms with Gasteiger partial charge in [0.25, 0.3) is 0 Å². The van der Waals surface area contributed by atoms with Gasteiger partial charge in [-0.2, -0.15) is 0 Å². The molecule has 0 bridgehead atoms. The van der Waals surface area contributed by atoms with E-state index >= 15 is 0 Å². The molecule has 0 fully saturated rings. The van der Waals surface area contributed by atoms with Crippen LogP contribution in [0.25, 0.3) is 0 Å². The average molecular weight is 280 g/mol. The molecule has 0 heterocycles. The normalized spacial score (nSPS) is 10.8. The van der Waals surface area contributed by atoms with E-state index < -0.39 is 0 Å². The van der Waals surface area contributed by atoms with Crippen LogP contribution >= 0.6 is 22.6 Å². The Morgan fingerprint density at radius 1 is 1.42 bits per heavy atom. The van der Waals surface area contributed by atoms with Crippen molar-refractivity contribution in [2.45, 2.75) is 19.8 Å². The number of aromatic hydroxyl groups is 1. The first kappa shape index (κ1) is 9.77. The monoisotopic (exact) mass is 280 g/mol. The third kappa shape index (κ3) is 1.71. The maximum atomic E-state index is 13.3. The Morgan fingerprint density at radius 2 is 2.00 bits per heavy atom. The number of hydrogen-bond acceptors (Lipinski definition) is 1. The molecule has 1 aromatic rings. The number of phenolic OH excluding ortho intramolecular Hbond substituents is 1. The Labute approximate surface area is 84.7 Å². The first-order chi connectivity index (χ1) is 5.54. The minimum Gasteiger partial charge on any atom is -0.508 e. The lowest BCUT2D eigenvalue weighted by atomic mass is 10.0. The second-order valence-electron chi connectivity index (χ2n) is 2.95. The van der Waals surface area contributed by atoms with Gasteiger partial charge in [-0.1, -0.05) is 13.8 Å². The summed E-state index contributed by atoms with van der Waals surface area (Å²) in [6.45, 7) is 3.71. The predicted molar refractivity (Wildman–Crippen MR) is 54.9 cm³/mol. The topological polar surface area (TPSA) is 20.2 Å². The van der Waals surface area contributed by atoms with Crippen LogP contribution in [0.2, 0.25) is 0 Å². The van der Waals surface area contributed by atoms with Crippen molar-refractivity contribution in [1.82, 2.24) is 0 Å². The predicted octanol–water partition coefficient (Wildman–Crippen LogP) is 3.26. The molecule has 3 heteroatoms. The van der Waals surface area contributed by atoms with Gasteiger partial charge in [-0.05, 0) is 40.6 Å². The fraction of sp³-hybridized carbons (Fsp3) is 0.333. The van der Waals surface area contributed by atoms with Crippen molar-refractivity contribution in [3.05, 3.63) is 27.1 Å². The highest BCUT2D eigenvalue weighted by Gasteiger charge is 2.14. The van der Waals surface area contributed by atoms with Crippen LogP contribution in [0, 0.1) is 9.39 Å². The van der Waals surface area contributed by atoms with Gasteiger partial charge < -0.3 is 5.11 Å². The number of hydrogen-bond donors (Lipinski definition) is 1. The minimum atomic E-state index is -0.300. The fourth-order valence-electron chi connectivity index (χ4n) is 1.11. The zero-order valence-electron chi connectivity index (χ0n) is 6.94. The van der Waals surface area contributed by atoms with Crippen molar-refractivity contribution in [2.75, 3.05) is 0 Å². The smallest absolute Gasteiger partial charge is 0.143 e. The molecule has 0 spiro atoms. The van der Waals surface area contributed by atoms with Crippen molar-refractivity contribution < 1.29 is 9.50 Å². The van der Waals surface area contributed by atoms with E-state index in [9.17, 15) is 9.50 Å². The number of phenols is 1. The van der Waals surface area contributed by atoms with Crippen LogP contribution in [-0.2, 0) is 0 Å².